The van der Waals surface area contributed by atoms with E-state index in [1.165, 1.54) is 0 Å². The van der Waals surface area contributed by atoms with E-state index in [2.05, 4.69) is 0 Å². The van der Waals surface area contributed by atoms with Crippen molar-refractivity contribution in [3.63, 3.8) is 0 Å². The molecule has 1 atom stereocenters. The van der Waals surface area contributed by atoms with Crippen molar-refractivity contribution in [2.75, 3.05) is 31.7 Å². The SMILES string of the molecule is COCCCN1C(=O)c2cccc3c(CC(=O)C4CCCCN4S(=O)(=O)c4cc([N+](=O)[O-])c(Cl)s4)ccc1c23. The molecule has 1 saturated heterocycles. The number of carbonyl (C=O) groups is 2. The van der Waals surface area contributed by atoms with E-state index in [4.69, 9.17) is 16.3 Å². The van der Waals surface area contributed by atoms with Gasteiger partial charge in [-0.2, -0.15) is 4.31 Å². The van der Waals surface area contributed by atoms with E-state index in [0.29, 0.717) is 61.3 Å². The summed E-state index contributed by atoms with van der Waals surface area (Å²) in [6.45, 7) is 1.17. The number of Topliss-reactive ketones (excluding diaryl/α,β-unsaturated/α-hetero) is 1. The number of methoxy groups -OCH3 is 1. The summed E-state index contributed by atoms with van der Waals surface area (Å²) >= 11 is 6.55. The molecule has 0 N–H and O–H groups in total. The average Bonchev–Trinajstić information content (AvgIpc) is 3.45. The smallest absolute Gasteiger partial charge is 0.300 e. The van der Waals surface area contributed by atoms with E-state index in [1.54, 1.807) is 24.1 Å². The number of anilines is 1. The van der Waals surface area contributed by atoms with Crippen molar-refractivity contribution in [1.29, 1.82) is 0 Å². The summed E-state index contributed by atoms with van der Waals surface area (Å²) in [6, 6.07) is 9.16. The number of ketones is 1. The molecule has 0 spiro atoms. The fourth-order valence-electron chi connectivity index (χ4n) is 5.38. The maximum atomic E-state index is 13.6. The number of benzene rings is 2. The molecule has 0 aliphatic carbocycles. The molecule has 5 rings (SSSR count). The zero-order valence-corrected chi connectivity index (χ0v) is 23.5. The van der Waals surface area contributed by atoms with Crippen LogP contribution in [-0.2, 0) is 26.0 Å². The lowest BCUT2D eigenvalue weighted by Crippen LogP contribution is -2.48. The highest BCUT2D eigenvalue weighted by atomic mass is 35.5. The van der Waals surface area contributed by atoms with Crippen LogP contribution in [0.4, 0.5) is 11.4 Å². The lowest BCUT2D eigenvalue weighted by molar-refractivity contribution is -0.384. The van der Waals surface area contributed by atoms with Gasteiger partial charge < -0.3 is 9.64 Å². The fourth-order valence-corrected chi connectivity index (χ4v) is 8.85. The maximum absolute atomic E-state index is 13.6. The zero-order chi connectivity index (χ0) is 27.9. The van der Waals surface area contributed by atoms with E-state index < -0.39 is 26.7 Å². The summed E-state index contributed by atoms with van der Waals surface area (Å²) in [5, 5.41) is 12.8. The zero-order valence-electron chi connectivity index (χ0n) is 21.1. The van der Waals surface area contributed by atoms with Gasteiger partial charge in [-0.3, -0.25) is 19.7 Å². The number of amides is 1. The van der Waals surface area contributed by atoms with E-state index in [9.17, 15) is 28.1 Å². The summed E-state index contributed by atoms with van der Waals surface area (Å²) in [7, 11) is -2.56. The van der Waals surface area contributed by atoms with Crippen LogP contribution in [0.5, 0.6) is 0 Å². The third-order valence-corrected chi connectivity index (χ3v) is 10.9. The van der Waals surface area contributed by atoms with Crippen molar-refractivity contribution in [2.45, 2.75) is 42.4 Å². The quantitative estimate of drug-likeness (QED) is 0.188. The Morgan fingerprint density at radius 2 is 2.05 bits per heavy atom. The largest absolute Gasteiger partial charge is 0.385 e. The van der Waals surface area contributed by atoms with E-state index in [1.807, 2.05) is 18.2 Å². The number of halogens is 1. The average molecular weight is 592 g/mol. The number of hydrogen-bond acceptors (Lipinski definition) is 8. The number of sulfonamides is 1. The van der Waals surface area contributed by atoms with Crippen molar-refractivity contribution >= 4 is 66.8 Å². The third kappa shape index (κ3) is 4.95. The van der Waals surface area contributed by atoms with Crippen LogP contribution in [0, 0.1) is 10.1 Å². The molecule has 1 amide bonds. The van der Waals surface area contributed by atoms with Crippen LogP contribution in [-0.4, -0.2) is 62.2 Å². The molecule has 1 fully saturated rings. The summed E-state index contributed by atoms with van der Waals surface area (Å²) in [5.41, 5.74) is 1.60. The van der Waals surface area contributed by atoms with Gasteiger partial charge in [0.2, 0.25) is 0 Å². The van der Waals surface area contributed by atoms with Gasteiger partial charge >= 0.3 is 0 Å². The van der Waals surface area contributed by atoms with Crippen LogP contribution in [0.3, 0.4) is 0 Å². The van der Waals surface area contributed by atoms with Gasteiger partial charge in [0.15, 0.2) is 10.1 Å². The predicted octanol–water partition coefficient (Wildman–Crippen LogP) is 4.81. The van der Waals surface area contributed by atoms with E-state index in [0.717, 1.165) is 26.8 Å². The molecule has 2 aromatic carbocycles. The Hall–Kier alpha value is -2.90. The number of rotatable bonds is 10. The van der Waals surface area contributed by atoms with Crippen LogP contribution in [0.1, 0.15) is 41.6 Å². The van der Waals surface area contributed by atoms with Gasteiger partial charge in [-0.05, 0) is 42.3 Å². The van der Waals surface area contributed by atoms with Crippen LogP contribution < -0.4 is 4.90 Å². The fraction of sp³-hybridized carbons (Fsp3) is 0.385. The number of nitrogens with zero attached hydrogens (tertiary/aromatic N) is 3. The van der Waals surface area contributed by atoms with Crippen LogP contribution in [0.25, 0.3) is 10.8 Å². The number of carbonyl (C=O) groups excluding carboxylic acids is 2. The molecule has 206 valence electrons. The second-order valence-electron chi connectivity index (χ2n) is 9.53. The van der Waals surface area contributed by atoms with Gasteiger partial charge in [-0.15, -0.1) is 11.3 Å². The molecule has 1 aromatic heterocycles. The molecular weight excluding hydrogens is 566 g/mol. The number of piperidine rings is 1. The van der Waals surface area contributed by atoms with Crippen molar-refractivity contribution in [1.82, 2.24) is 4.31 Å². The molecule has 3 aromatic rings. The monoisotopic (exact) mass is 591 g/mol. The third-order valence-electron chi connectivity index (χ3n) is 7.20. The number of thiophene rings is 1. The Balaban J connectivity index is 1.44. The second-order valence-corrected chi connectivity index (χ2v) is 13.3. The molecule has 39 heavy (non-hydrogen) atoms. The molecule has 10 nitrogen and oxygen atoms in total. The summed E-state index contributed by atoms with van der Waals surface area (Å²) in [4.78, 5) is 39.0. The minimum atomic E-state index is -4.17. The minimum absolute atomic E-state index is 0.0138. The van der Waals surface area contributed by atoms with Gasteiger partial charge in [0.25, 0.3) is 21.6 Å². The molecule has 3 heterocycles. The highest BCUT2D eigenvalue weighted by molar-refractivity contribution is 7.91. The predicted molar refractivity (Wildman–Crippen MR) is 148 cm³/mol. The lowest BCUT2D eigenvalue weighted by Gasteiger charge is -2.33. The number of hydrogen-bond donors (Lipinski definition) is 0. The normalized spacial score (nSPS) is 17.7. The molecule has 0 radical (unpaired) electrons. The Morgan fingerprint density at radius 1 is 1.26 bits per heavy atom. The first-order valence-electron chi connectivity index (χ1n) is 12.5. The first-order valence-corrected chi connectivity index (χ1v) is 15.1. The number of nitro groups is 1. The van der Waals surface area contributed by atoms with Gasteiger partial charge in [-0.1, -0.05) is 36.2 Å². The molecule has 0 bridgehead atoms. The van der Waals surface area contributed by atoms with E-state index >= 15 is 0 Å². The van der Waals surface area contributed by atoms with Crippen molar-refractivity contribution in [2.24, 2.45) is 0 Å². The highest BCUT2D eigenvalue weighted by Gasteiger charge is 2.40. The highest BCUT2D eigenvalue weighted by Crippen LogP contribution is 2.41. The Labute approximate surface area is 234 Å². The first kappa shape index (κ1) is 27.7. The van der Waals surface area contributed by atoms with Crippen molar-refractivity contribution < 1.29 is 27.7 Å². The summed E-state index contributed by atoms with van der Waals surface area (Å²) in [5.74, 6) is -0.360. The van der Waals surface area contributed by atoms with Crippen LogP contribution in [0.2, 0.25) is 4.34 Å². The summed E-state index contributed by atoms with van der Waals surface area (Å²) < 4.78 is 32.8. The van der Waals surface area contributed by atoms with Crippen LogP contribution in [0.15, 0.2) is 40.6 Å². The molecule has 2 aliphatic heterocycles. The standard InChI is InChI=1S/C26H26ClN3O7S2/c1-37-13-5-11-28-20-10-9-16(17-6-4-7-18(24(17)20)26(28)32)14-22(31)19-8-2-3-12-29(19)39(35,36)23-15-21(30(33)34)25(27)38-23/h4,6-7,9-10,15,19H,2-3,5,8,11-14H2,1H3. The van der Waals surface area contributed by atoms with Crippen molar-refractivity contribution in [3.05, 3.63) is 62.0 Å². The first-order chi connectivity index (χ1) is 18.6. The number of ether oxygens (including phenoxy) is 1. The lowest BCUT2D eigenvalue weighted by atomic mass is 9.93. The maximum Gasteiger partial charge on any atom is 0.300 e. The Morgan fingerprint density at radius 3 is 2.77 bits per heavy atom. The van der Waals surface area contributed by atoms with Gasteiger partial charge in [0.1, 0.15) is 4.21 Å². The van der Waals surface area contributed by atoms with Gasteiger partial charge in [0.05, 0.1) is 16.7 Å². The molecule has 2 aliphatic rings. The van der Waals surface area contributed by atoms with Gasteiger partial charge in [0, 0.05) is 50.2 Å². The van der Waals surface area contributed by atoms with Gasteiger partial charge in [-0.25, -0.2) is 8.42 Å². The Kier molecular flexibility index (Phi) is 7.75. The van der Waals surface area contributed by atoms with Crippen LogP contribution >= 0.6 is 22.9 Å². The van der Waals surface area contributed by atoms with Crippen molar-refractivity contribution in [3.8, 4) is 0 Å². The molecule has 13 heteroatoms. The summed E-state index contributed by atoms with van der Waals surface area (Å²) in [6.07, 6.45) is 2.28. The molecule has 1 unspecified atom stereocenters. The Bertz CT molecular complexity index is 1590. The topological polar surface area (TPSA) is 127 Å². The molecular formula is C26H26ClN3O7S2. The minimum Gasteiger partial charge on any atom is -0.385 e. The molecule has 0 saturated carbocycles. The van der Waals surface area contributed by atoms with E-state index in [-0.39, 0.29) is 33.2 Å². The second kappa shape index (κ2) is 10.9.